The molecule has 1 fully saturated rings. The summed E-state index contributed by atoms with van der Waals surface area (Å²) in [6, 6.07) is 10.5. The fourth-order valence-corrected chi connectivity index (χ4v) is 4.07. The standard InChI is InChI=1S/C22H24N2O5/c1-27-17-6-4-16(5-7-17)24-21(25)12-18(22(24)26)23-9-8-14-10-19(28-2)20(29-3)11-15(14)13-23/h4-7,10-11,18H,8-9,12-13H2,1-3H3/t18-/m1/s1. The Kier molecular flexibility index (Phi) is 5.15. The summed E-state index contributed by atoms with van der Waals surface area (Å²) < 4.78 is 16.0. The van der Waals surface area contributed by atoms with Crippen molar-refractivity contribution in [3.8, 4) is 17.2 Å². The highest BCUT2D eigenvalue weighted by molar-refractivity contribution is 6.22. The van der Waals surface area contributed by atoms with E-state index in [0.717, 1.165) is 12.0 Å². The van der Waals surface area contributed by atoms with Gasteiger partial charge in [-0.15, -0.1) is 0 Å². The lowest BCUT2D eigenvalue weighted by molar-refractivity contribution is -0.123. The molecule has 1 saturated heterocycles. The monoisotopic (exact) mass is 396 g/mol. The van der Waals surface area contributed by atoms with Crippen LogP contribution in [0.5, 0.6) is 17.2 Å². The second-order valence-electron chi connectivity index (χ2n) is 7.18. The lowest BCUT2D eigenvalue weighted by atomic mass is 9.97. The van der Waals surface area contributed by atoms with Gasteiger partial charge in [-0.05, 0) is 53.9 Å². The lowest BCUT2D eigenvalue weighted by Gasteiger charge is -2.32. The number of benzene rings is 2. The molecule has 0 spiro atoms. The van der Waals surface area contributed by atoms with E-state index in [1.807, 2.05) is 12.1 Å². The van der Waals surface area contributed by atoms with E-state index in [0.29, 0.717) is 36.0 Å². The molecule has 1 atom stereocenters. The van der Waals surface area contributed by atoms with Crippen molar-refractivity contribution in [2.75, 3.05) is 32.8 Å². The van der Waals surface area contributed by atoms with Crippen LogP contribution in [0.1, 0.15) is 17.5 Å². The lowest BCUT2D eigenvalue weighted by Crippen LogP contribution is -2.44. The van der Waals surface area contributed by atoms with Crippen molar-refractivity contribution in [2.24, 2.45) is 0 Å². The minimum Gasteiger partial charge on any atom is -0.497 e. The molecule has 152 valence electrons. The van der Waals surface area contributed by atoms with Gasteiger partial charge in [-0.3, -0.25) is 14.5 Å². The zero-order valence-corrected chi connectivity index (χ0v) is 16.8. The minimum absolute atomic E-state index is 0.177. The molecular weight excluding hydrogens is 372 g/mol. The van der Waals surface area contributed by atoms with E-state index in [2.05, 4.69) is 4.90 Å². The fraction of sp³-hybridized carbons (Fsp3) is 0.364. The third-order valence-electron chi connectivity index (χ3n) is 5.64. The molecule has 2 aliphatic heterocycles. The SMILES string of the molecule is COc1ccc(N2C(=O)C[C@@H](N3CCc4cc(OC)c(OC)cc4C3)C2=O)cc1. The molecule has 0 radical (unpaired) electrons. The van der Waals surface area contributed by atoms with Crippen LogP contribution >= 0.6 is 0 Å². The number of fused-ring (bicyclic) bond motifs is 1. The van der Waals surface area contributed by atoms with E-state index < -0.39 is 6.04 Å². The van der Waals surface area contributed by atoms with Gasteiger partial charge in [0.15, 0.2) is 11.5 Å². The Morgan fingerprint density at radius 1 is 0.897 bits per heavy atom. The first kappa shape index (κ1) is 19.3. The molecule has 0 aromatic heterocycles. The number of anilines is 1. The molecule has 0 unspecified atom stereocenters. The van der Waals surface area contributed by atoms with Crippen LogP contribution < -0.4 is 19.1 Å². The Morgan fingerprint density at radius 3 is 2.17 bits per heavy atom. The van der Waals surface area contributed by atoms with Gasteiger partial charge in [0, 0.05) is 13.1 Å². The number of methoxy groups -OCH3 is 3. The first-order valence-corrected chi connectivity index (χ1v) is 9.54. The second-order valence-corrected chi connectivity index (χ2v) is 7.18. The summed E-state index contributed by atoms with van der Waals surface area (Å²) in [6.07, 6.45) is 0.976. The van der Waals surface area contributed by atoms with Crippen LogP contribution in [-0.4, -0.2) is 50.6 Å². The molecule has 7 heteroatoms. The quantitative estimate of drug-likeness (QED) is 0.723. The van der Waals surface area contributed by atoms with Crippen LogP contribution in [0.2, 0.25) is 0 Å². The zero-order valence-electron chi connectivity index (χ0n) is 16.8. The van der Waals surface area contributed by atoms with E-state index in [1.54, 1.807) is 45.6 Å². The van der Waals surface area contributed by atoms with E-state index >= 15 is 0 Å². The highest BCUT2D eigenvalue weighted by atomic mass is 16.5. The Morgan fingerprint density at radius 2 is 1.55 bits per heavy atom. The predicted octanol–water partition coefficient (Wildman–Crippen LogP) is 2.40. The van der Waals surface area contributed by atoms with Gasteiger partial charge >= 0.3 is 0 Å². The summed E-state index contributed by atoms with van der Waals surface area (Å²) in [5.41, 5.74) is 2.85. The third-order valence-corrected chi connectivity index (χ3v) is 5.64. The first-order valence-electron chi connectivity index (χ1n) is 9.54. The molecular formula is C22H24N2O5. The van der Waals surface area contributed by atoms with Crippen LogP contribution in [0.25, 0.3) is 0 Å². The summed E-state index contributed by atoms with van der Waals surface area (Å²) in [7, 11) is 4.81. The topological polar surface area (TPSA) is 68.3 Å². The van der Waals surface area contributed by atoms with Gasteiger partial charge in [0.1, 0.15) is 5.75 Å². The van der Waals surface area contributed by atoms with E-state index in [-0.39, 0.29) is 18.2 Å². The molecule has 4 rings (SSSR count). The molecule has 0 N–H and O–H groups in total. The average Bonchev–Trinajstić information content (AvgIpc) is 3.06. The highest BCUT2D eigenvalue weighted by Crippen LogP contribution is 2.35. The van der Waals surface area contributed by atoms with Crippen molar-refractivity contribution in [2.45, 2.75) is 25.4 Å². The summed E-state index contributed by atoms with van der Waals surface area (Å²) >= 11 is 0. The Balaban J connectivity index is 1.55. The van der Waals surface area contributed by atoms with Crippen molar-refractivity contribution in [1.82, 2.24) is 4.90 Å². The Bertz CT molecular complexity index is 941. The number of amides is 2. The van der Waals surface area contributed by atoms with Crippen molar-refractivity contribution >= 4 is 17.5 Å². The largest absolute Gasteiger partial charge is 0.497 e. The number of rotatable bonds is 5. The number of ether oxygens (including phenoxy) is 3. The zero-order chi connectivity index (χ0) is 20.5. The third kappa shape index (κ3) is 3.42. The molecule has 2 aliphatic rings. The predicted molar refractivity (Wildman–Crippen MR) is 108 cm³/mol. The molecule has 2 aromatic carbocycles. The average molecular weight is 396 g/mol. The molecule has 7 nitrogen and oxygen atoms in total. The van der Waals surface area contributed by atoms with Gasteiger partial charge in [-0.25, -0.2) is 4.90 Å². The summed E-state index contributed by atoms with van der Waals surface area (Å²) in [4.78, 5) is 29.1. The van der Waals surface area contributed by atoms with Crippen molar-refractivity contribution < 1.29 is 23.8 Å². The maximum Gasteiger partial charge on any atom is 0.251 e. The number of hydrogen-bond donors (Lipinski definition) is 0. The van der Waals surface area contributed by atoms with Crippen molar-refractivity contribution in [3.05, 3.63) is 47.5 Å². The van der Waals surface area contributed by atoms with Gasteiger partial charge in [-0.2, -0.15) is 0 Å². The van der Waals surface area contributed by atoms with Gasteiger partial charge < -0.3 is 14.2 Å². The van der Waals surface area contributed by atoms with Crippen LogP contribution in [0.15, 0.2) is 36.4 Å². The Labute approximate surface area is 169 Å². The number of imide groups is 1. The molecule has 29 heavy (non-hydrogen) atoms. The number of hydrogen-bond acceptors (Lipinski definition) is 6. The van der Waals surface area contributed by atoms with Crippen molar-refractivity contribution in [1.29, 1.82) is 0 Å². The summed E-state index contributed by atoms with van der Waals surface area (Å²) in [5.74, 6) is 1.70. The molecule has 2 aromatic rings. The van der Waals surface area contributed by atoms with E-state index in [1.165, 1.54) is 10.5 Å². The summed E-state index contributed by atoms with van der Waals surface area (Å²) in [5, 5.41) is 0. The van der Waals surface area contributed by atoms with Gasteiger partial charge in [-0.1, -0.05) is 0 Å². The highest BCUT2D eigenvalue weighted by Gasteiger charge is 2.43. The Hall–Kier alpha value is -3.06. The van der Waals surface area contributed by atoms with Gasteiger partial charge in [0.2, 0.25) is 5.91 Å². The van der Waals surface area contributed by atoms with E-state index in [4.69, 9.17) is 14.2 Å². The maximum atomic E-state index is 13.1. The molecule has 0 bridgehead atoms. The van der Waals surface area contributed by atoms with Crippen LogP contribution in [0.4, 0.5) is 5.69 Å². The smallest absolute Gasteiger partial charge is 0.251 e. The van der Waals surface area contributed by atoms with Crippen LogP contribution in [-0.2, 0) is 22.6 Å². The minimum atomic E-state index is -0.453. The second kappa shape index (κ2) is 7.75. The number of carbonyl (C=O) groups excluding carboxylic acids is 2. The number of nitrogens with zero attached hydrogens (tertiary/aromatic N) is 2. The molecule has 2 amide bonds. The van der Waals surface area contributed by atoms with Crippen LogP contribution in [0, 0.1) is 0 Å². The normalized spacial score (nSPS) is 19.3. The first-order chi connectivity index (χ1) is 14.0. The van der Waals surface area contributed by atoms with Gasteiger partial charge in [0.05, 0.1) is 39.5 Å². The van der Waals surface area contributed by atoms with Crippen molar-refractivity contribution in [3.63, 3.8) is 0 Å². The number of carbonyl (C=O) groups is 2. The molecule has 0 aliphatic carbocycles. The maximum absolute atomic E-state index is 13.1. The van der Waals surface area contributed by atoms with Gasteiger partial charge in [0.25, 0.3) is 5.91 Å². The fourth-order valence-electron chi connectivity index (χ4n) is 4.07. The van der Waals surface area contributed by atoms with Crippen LogP contribution in [0.3, 0.4) is 0 Å². The molecule has 0 saturated carbocycles. The molecule has 2 heterocycles. The summed E-state index contributed by atoms with van der Waals surface area (Å²) in [6.45, 7) is 1.30. The van der Waals surface area contributed by atoms with E-state index in [9.17, 15) is 9.59 Å².